The number of nitrogens with one attached hydrogen (secondary N) is 1. The molecule has 0 atom stereocenters. The third kappa shape index (κ3) is 5.99. The smallest absolute Gasteiger partial charge is 0.244 e. The van der Waals surface area contributed by atoms with E-state index in [1.807, 2.05) is 41.3 Å². The van der Waals surface area contributed by atoms with Crippen molar-refractivity contribution in [3.05, 3.63) is 53.1 Å². The minimum atomic E-state index is -0.163. The SMILES string of the molecule is O=C(C=Cc1ccc(Sc2ccc3c(c2)OCCO3)c(Cl)c1)NCCCN1CCCC1=O. The molecule has 6 nitrogen and oxygen atoms in total. The third-order valence-corrected chi connectivity index (χ3v) is 6.69. The zero-order valence-electron chi connectivity index (χ0n) is 17.6. The number of benzene rings is 2. The number of nitrogens with zero attached hydrogens (tertiary/aromatic N) is 1. The molecular formula is C24H25ClN2O4S. The van der Waals surface area contributed by atoms with Gasteiger partial charge in [-0.3, -0.25) is 9.59 Å². The Kier molecular flexibility index (Phi) is 7.60. The number of likely N-dealkylation sites (tertiary alicyclic amines) is 1. The quantitative estimate of drug-likeness (QED) is 0.455. The van der Waals surface area contributed by atoms with Gasteiger partial charge in [-0.25, -0.2) is 0 Å². The van der Waals surface area contributed by atoms with Crippen LogP contribution < -0.4 is 14.8 Å². The van der Waals surface area contributed by atoms with E-state index in [1.165, 1.54) is 6.08 Å². The molecule has 0 unspecified atom stereocenters. The second-order valence-electron chi connectivity index (χ2n) is 7.56. The average Bonchev–Trinajstić information content (AvgIpc) is 3.21. The van der Waals surface area contributed by atoms with Crippen LogP contribution in [0.3, 0.4) is 0 Å². The van der Waals surface area contributed by atoms with Crippen molar-refractivity contribution in [3.63, 3.8) is 0 Å². The van der Waals surface area contributed by atoms with Gasteiger partial charge in [0.2, 0.25) is 11.8 Å². The van der Waals surface area contributed by atoms with E-state index in [1.54, 1.807) is 17.8 Å². The summed E-state index contributed by atoms with van der Waals surface area (Å²) in [4.78, 5) is 27.4. The summed E-state index contributed by atoms with van der Waals surface area (Å²) in [6.45, 7) is 3.18. The van der Waals surface area contributed by atoms with E-state index in [0.717, 1.165) is 46.2 Å². The Labute approximate surface area is 196 Å². The maximum Gasteiger partial charge on any atom is 0.244 e. The summed E-state index contributed by atoms with van der Waals surface area (Å²) in [6, 6.07) is 11.5. The highest BCUT2D eigenvalue weighted by molar-refractivity contribution is 7.99. The average molecular weight is 473 g/mol. The highest BCUT2D eigenvalue weighted by Crippen LogP contribution is 2.39. The van der Waals surface area contributed by atoms with Gasteiger partial charge in [0, 0.05) is 41.9 Å². The summed E-state index contributed by atoms with van der Waals surface area (Å²) in [5, 5.41) is 3.47. The molecule has 1 fully saturated rings. The fraction of sp³-hybridized carbons (Fsp3) is 0.333. The number of hydrogen-bond acceptors (Lipinski definition) is 5. The zero-order chi connectivity index (χ0) is 22.3. The number of rotatable bonds is 8. The first-order chi connectivity index (χ1) is 15.6. The molecule has 2 aliphatic heterocycles. The number of fused-ring (bicyclic) bond motifs is 1. The van der Waals surface area contributed by atoms with E-state index < -0.39 is 0 Å². The Morgan fingerprint density at radius 3 is 2.78 bits per heavy atom. The van der Waals surface area contributed by atoms with E-state index in [2.05, 4.69) is 5.32 Å². The topological polar surface area (TPSA) is 67.9 Å². The zero-order valence-corrected chi connectivity index (χ0v) is 19.2. The molecule has 0 aromatic heterocycles. The van der Waals surface area contributed by atoms with Crippen LogP contribution in [0.4, 0.5) is 0 Å². The molecule has 8 heteroatoms. The molecular weight excluding hydrogens is 448 g/mol. The molecule has 2 amide bonds. The van der Waals surface area contributed by atoms with Crippen molar-refractivity contribution in [2.45, 2.75) is 29.1 Å². The van der Waals surface area contributed by atoms with Crippen LogP contribution in [-0.4, -0.2) is 49.6 Å². The van der Waals surface area contributed by atoms with Crippen LogP contribution in [0.1, 0.15) is 24.8 Å². The first-order valence-electron chi connectivity index (χ1n) is 10.7. The number of ether oxygens (including phenoxy) is 2. The Morgan fingerprint density at radius 1 is 1.16 bits per heavy atom. The van der Waals surface area contributed by atoms with Crippen molar-refractivity contribution in [3.8, 4) is 11.5 Å². The molecule has 4 rings (SSSR count). The minimum Gasteiger partial charge on any atom is -0.486 e. The van der Waals surface area contributed by atoms with Gasteiger partial charge in [0.05, 0.1) is 5.02 Å². The minimum absolute atomic E-state index is 0.163. The molecule has 1 N–H and O–H groups in total. The predicted octanol–water partition coefficient (Wildman–Crippen LogP) is 4.40. The lowest BCUT2D eigenvalue weighted by molar-refractivity contribution is -0.127. The van der Waals surface area contributed by atoms with Gasteiger partial charge in [0.25, 0.3) is 0 Å². The number of hydrogen-bond donors (Lipinski definition) is 1. The van der Waals surface area contributed by atoms with Gasteiger partial charge in [-0.1, -0.05) is 29.4 Å². The van der Waals surface area contributed by atoms with Crippen LogP contribution in [0.15, 0.2) is 52.3 Å². The molecule has 168 valence electrons. The molecule has 0 spiro atoms. The van der Waals surface area contributed by atoms with Gasteiger partial charge in [-0.15, -0.1) is 0 Å². The number of carbonyl (C=O) groups excluding carboxylic acids is 2. The van der Waals surface area contributed by atoms with E-state index in [-0.39, 0.29) is 11.8 Å². The monoisotopic (exact) mass is 472 g/mol. The first-order valence-corrected chi connectivity index (χ1v) is 11.9. The summed E-state index contributed by atoms with van der Waals surface area (Å²) in [5.41, 5.74) is 0.847. The van der Waals surface area contributed by atoms with Crippen LogP contribution in [0.5, 0.6) is 11.5 Å². The molecule has 32 heavy (non-hydrogen) atoms. The second kappa shape index (κ2) is 10.8. The maximum atomic E-state index is 12.0. The van der Waals surface area contributed by atoms with Gasteiger partial charge >= 0.3 is 0 Å². The largest absolute Gasteiger partial charge is 0.486 e. The number of carbonyl (C=O) groups is 2. The van der Waals surface area contributed by atoms with E-state index >= 15 is 0 Å². The molecule has 0 aliphatic carbocycles. The fourth-order valence-electron chi connectivity index (χ4n) is 3.57. The Balaban J connectivity index is 1.26. The number of amides is 2. The molecule has 2 aromatic carbocycles. The Hall–Kier alpha value is -2.64. The predicted molar refractivity (Wildman–Crippen MR) is 125 cm³/mol. The van der Waals surface area contributed by atoms with Crippen LogP contribution >= 0.6 is 23.4 Å². The normalized spacial score (nSPS) is 15.4. The summed E-state index contributed by atoms with van der Waals surface area (Å²) in [5.74, 6) is 1.55. The number of halogens is 1. The summed E-state index contributed by atoms with van der Waals surface area (Å²) in [7, 11) is 0. The summed E-state index contributed by atoms with van der Waals surface area (Å²) in [6.07, 6.45) is 5.57. The van der Waals surface area contributed by atoms with Crippen molar-refractivity contribution in [1.82, 2.24) is 10.2 Å². The molecule has 2 aliphatic rings. The molecule has 2 aromatic rings. The van der Waals surface area contributed by atoms with Gasteiger partial charge in [-0.2, -0.15) is 0 Å². The van der Waals surface area contributed by atoms with Crippen molar-refractivity contribution >= 4 is 41.3 Å². The van der Waals surface area contributed by atoms with Crippen molar-refractivity contribution in [2.24, 2.45) is 0 Å². The third-order valence-electron chi connectivity index (χ3n) is 5.20. The van der Waals surface area contributed by atoms with E-state index in [9.17, 15) is 9.59 Å². The highest BCUT2D eigenvalue weighted by atomic mass is 35.5. The standard InChI is InChI=1S/C24H25ClN2O4S/c25-19-15-17(5-9-23(28)26-10-2-12-27-11-1-3-24(27)29)4-8-22(19)32-18-6-7-20-21(16-18)31-14-13-30-20/h4-9,15-16H,1-3,10-14H2,(H,26,28). The van der Waals surface area contributed by atoms with Crippen LogP contribution in [-0.2, 0) is 9.59 Å². The van der Waals surface area contributed by atoms with Gasteiger partial charge in [-0.05, 0) is 54.8 Å². The summed E-state index contributed by atoms with van der Waals surface area (Å²) < 4.78 is 11.2. The van der Waals surface area contributed by atoms with Crippen molar-refractivity contribution < 1.29 is 19.1 Å². The molecule has 0 saturated carbocycles. The van der Waals surface area contributed by atoms with Gasteiger partial charge in [0.15, 0.2) is 11.5 Å². The molecule has 2 heterocycles. The lowest BCUT2D eigenvalue weighted by Gasteiger charge is -2.18. The maximum absolute atomic E-state index is 12.0. The highest BCUT2D eigenvalue weighted by Gasteiger charge is 2.19. The first kappa shape index (κ1) is 22.6. The molecule has 1 saturated heterocycles. The second-order valence-corrected chi connectivity index (χ2v) is 9.08. The Bertz CT molecular complexity index is 1030. The van der Waals surface area contributed by atoms with Crippen molar-refractivity contribution in [1.29, 1.82) is 0 Å². The Morgan fingerprint density at radius 2 is 2.00 bits per heavy atom. The van der Waals surface area contributed by atoms with Crippen LogP contribution in [0.25, 0.3) is 6.08 Å². The molecule has 0 bridgehead atoms. The van der Waals surface area contributed by atoms with Gasteiger partial charge in [0.1, 0.15) is 13.2 Å². The lowest BCUT2D eigenvalue weighted by atomic mass is 10.2. The van der Waals surface area contributed by atoms with Gasteiger partial charge < -0.3 is 19.7 Å². The summed E-state index contributed by atoms with van der Waals surface area (Å²) >= 11 is 8.02. The molecule has 0 radical (unpaired) electrons. The van der Waals surface area contributed by atoms with E-state index in [4.69, 9.17) is 21.1 Å². The van der Waals surface area contributed by atoms with Crippen LogP contribution in [0, 0.1) is 0 Å². The lowest BCUT2D eigenvalue weighted by Crippen LogP contribution is -2.29. The van der Waals surface area contributed by atoms with Crippen LogP contribution in [0.2, 0.25) is 5.02 Å². The van der Waals surface area contributed by atoms with E-state index in [0.29, 0.717) is 37.7 Å². The fourth-order valence-corrected chi connectivity index (χ4v) is 4.72. The van der Waals surface area contributed by atoms with Crippen molar-refractivity contribution in [2.75, 3.05) is 32.8 Å².